The van der Waals surface area contributed by atoms with Gasteiger partial charge in [0, 0.05) is 6.07 Å². The molecule has 2 aromatic heterocycles. The number of thiophene rings is 1. The summed E-state index contributed by atoms with van der Waals surface area (Å²) in [5.41, 5.74) is 1.76. The summed E-state index contributed by atoms with van der Waals surface area (Å²) in [6.07, 6.45) is 0.714. The minimum absolute atomic E-state index is 0.216. The molecule has 7 heteroatoms. The van der Waals surface area contributed by atoms with Crippen LogP contribution in [0.25, 0.3) is 16.3 Å². The highest BCUT2D eigenvalue weighted by Crippen LogP contribution is 2.35. The van der Waals surface area contributed by atoms with Crippen LogP contribution in [0.5, 0.6) is 11.5 Å². The Kier molecular flexibility index (Phi) is 2.71. The molecule has 0 amide bonds. The summed E-state index contributed by atoms with van der Waals surface area (Å²) >= 11 is 1.53. The first-order valence-corrected chi connectivity index (χ1v) is 7.09. The molecule has 0 aliphatic carbocycles. The van der Waals surface area contributed by atoms with Gasteiger partial charge in [-0.3, -0.25) is 4.79 Å². The Morgan fingerprint density at radius 2 is 2.14 bits per heavy atom. The lowest BCUT2D eigenvalue weighted by Crippen LogP contribution is -1.99. The van der Waals surface area contributed by atoms with Gasteiger partial charge >= 0.3 is 0 Å². The third-order valence-electron chi connectivity index (χ3n) is 3.16. The highest BCUT2D eigenvalue weighted by molar-refractivity contribution is 7.13. The van der Waals surface area contributed by atoms with Crippen molar-refractivity contribution in [2.24, 2.45) is 0 Å². The van der Waals surface area contributed by atoms with Gasteiger partial charge in [0.05, 0.1) is 10.6 Å². The summed E-state index contributed by atoms with van der Waals surface area (Å²) in [6, 6.07) is 9.35. The summed E-state index contributed by atoms with van der Waals surface area (Å²) in [7, 11) is 0. The largest absolute Gasteiger partial charge is 0.454 e. The molecule has 0 bridgehead atoms. The van der Waals surface area contributed by atoms with Crippen LogP contribution >= 0.6 is 11.3 Å². The van der Waals surface area contributed by atoms with Crippen molar-refractivity contribution >= 4 is 17.6 Å². The molecular weight excluding hydrogens is 290 g/mol. The molecule has 0 N–H and O–H groups in total. The van der Waals surface area contributed by atoms with Crippen molar-refractivity contribution in [3.8, 4) is 27.8 Å². The monoisotopic (exact) mass is 299 g/mol. The van der Waals surface area contributed by atoms with Crippen molar-refractivity contribution in [3.63, 3.8) is 0 Å². The van der Waals surface area contributed by atoms with Crippen LogP contribution in [0.4, 0.5) is 0 Å². The Hall–Kier alpha value is -2.67. The first-order chi connectivity index (χ1) is 10.4. The van der Waals surface area contributed by atoms with E-state index in [1.54, 1.807) is 4.68 Å². The molecule has 1 aliphatic rings. The van der Waals surface area contributed by atoms with E-state index in [1.807, 2.05) is 35.7 Å². The van der Waals surface area contributed by atoms with Gasteiger partial charge in [-0.05, 0) is 23.6 Å². The number of fused-ring (bicyclic) bond motifs is 1. The number of aromatic nitrogens is 3. The molecule has 1 aliphatic heterocycles. The molecule has 0 radical (unpaired) electrons. The van der Waals surface area contributed by atoms with Crippen molar-refractivity contribution in [1.29, 1.82) is 0 Å². The maximum absolute atomic E-state index is 11.2. The quantitative estimate of drug-likeness (QED) is 0.695. The van der Waals surface area contributed by atoms with Crippen LogP contribution in [0, 0.1) is 0 Å². The lowest BCUT2D eigenvalue weighted by Gasteiger charge is -2.06. The lowest BCUT2D eigenvalue weighted by atomic mass is 10.2. The number of aldehydes is 1. The van der Waals surface area contributed by atoms with E-state index >= 15 is 0 Å². The number of nitrogens with zero attached hydrogens (tertiary/aromatic N) is 3. The summed E-state index contributed by atoms with van der Waals surface area (Å²) in [5, 5.41) is 9.97. The summed E-state index contributed by atoms with van der Waals surface area (Å²) < 4.78 is 12.3. The second-order valence-electron chi connectivity index (χ2n) is 4.37. The van der Waals surface area contributed by atoms with Gasteiger partial charge in [-0.15, -0.1) is 16.4 Å². The molecule has 3 aromatic rings. The van der Waals surface area contributed by atoms with Gasteiger partial charge in [-0.1, -0.05) is 11.3 Å². The van der Waals surface area contributed by atoms with E-state index in [0.29, 0.717) is 29.2 Å². The number of carbonyl (C=O) groups is 1. The molecule has 0 fully saturated rings. The first kappa shape index (κ1) is 12.1. The fourth-order valence-corrected chi connectivity index (χ4v) is 2.98. The van der Waals surface area contributed by atoms with Crippen LogP contribution in [0.1, 0.15) is 10.5 Å². The van der Waals surface area contributed by atoms with E-state index in [9.17, 15) is 4.79 Å². The summed E-state index contributed by atoms with van der Waals surface area (Å²) in [4.78, 5) is 12.1. The predicted octanol–water partition coefficient (Wildman–Crippen LogP) is 2.54. The summed E-state index contributed by atoms with van der Waals surface area (Å²) in [6.45, 7) is 0.216. The Morgan fingerprint density at radius 3 is 2.95 bits per heavy atom. The van der Waals surface area contributed by atoms with Gasteiger partial charge in [-0.25, -0.2) is 4.68 Å². The zero-order valence-corrected chi connectivity index (χ0v) is 11.5. The van der Waals surface area contributed by atoms with Crippen molar-refractivity contribution < 1.29 is 14.3 Å². The van der Waals surface area contributed by atoms with Crippen LogP contribution in [-0.2, 0) is 0 Å². The highest BCUT2D eigenvalue weighted by atomic mass is 32.1. The number of ether oxygens (including phenoxy) is 2. The molecule has 0 saturated carbocycles. The van der Waals surface area contributed by atoms with E-state index in [4.69, 9.17) is 9.47 Å². The molecule has 21 heavy (non-hydrogen) atoms. The van der Waals surface area contributed by atoms with E-state index in [-0.39, 0.29) is 6.79 Å². The molecule has 6 nitrogen and oxygen atoms in total. The SMILES string of the molecule is O=Cc1nnn(-c2ccc3c(c2)OCO3)c1-c1cccs1. The molecule has 0 atom stereocenters. The second-order valence-corrected chi connectivity index (χ2v) is 5.32. The van der Waals surface area contributed by atoms with Crippen molar-refractivity contribution in [3.05, 3.63) is 41.4 Å². The third kappa shape index (κ3) is 1.90. The fourth-order valence-electron chi connectivity index (χ4n) is 2.21. The zero-order valence-electron chi connectivity index (χ0n) is 10.7. The van der Waals surface area contributed by atoms with Gasteiger partial charge in [-0.2, -0.15) is 0 Å². The number of rotatable bonds is 3. The van der Waals surface area contributed by atoms with E-state index < -0.39 is 0 Å². The van der Waals surface area contributed by atoms with Crippen LogP contribution in [-0.4, -0.2) is 28.1 Å². The first-order valence-electron chi connectivity index (χ1n) is 6.21. The Morgan fingerprint density at radius 1 is 1.24 bits per heavy atom. The van der Waals surface area contributed by atoms with Gasteiger partial charge in [0.1, 0.15) is 5.69 Å². The Balaban J connectivity index is 1.89. The summed E-state index contributed by atoms with van der Waals surface area (Å²) in [5.74, 6) is 1.36. The van der Waals surface area contributed by atoms with Gasteiger partial charge in [0.25, 0.3) is 0 Å². The molecule has 0 saturated heterocycles. The maximum Gasteiger partial charge on any atom is 0.231 e. The normalized spacial score (nSPS) is 12.6. The molecular formula is C14H9N3O3S. The minimum Gasteiger partial charge on any atom is -0.454 e. The van der Waals surface area contributed by atoms with Gasteiger partial charge < -0.3 is 9.47 Å². The third-order valence-corrected chi connectivity index (χ3v) is 4.04. The van der Waals surface area contributed by atoms with Gasteiger partial charge in [0.15, 0.2) is 23.5 Å². The number of benzene rings is 1. The average Bonchev–Trinajstić information content (AvgIpc) is 3.24. The van der Waals surface area contributed by atoms with E-state index in [1.165, 1.54) is 11.3 Å². The van der Waals surface area contributed by atoms with Gasteiger partial charge in [0.2, 0.25) is 6.79 Å². The molecule has 1 aromatic carbocycles. The molecule has 0 unspecified atom stereocenters. The average molecular weight is 299 g/mol. The standard InChI is InChI=1S/C14H9N3O3S/c18-7-10-14(13-2-1-5-21-13)17(16-15-10)9-3-4-11-12(6-9)20-8-19-11/h1-7H,8H2. The Bertz CT molecular complexity index is 811. The van der Waals surface area contributed by atoms with Crippen LogP contribution in [0.3, 0.4) is 0 Å². The highest BCUT2D eigenvalue weighted by Gasteiger charge is 2.19. The molecule has 0 spiro atoms. The Labute approximate surface area is 123 Å². The predicted molar refractivity (Wildman–Crippen MR) is 76.2 cm³/mol. The van der Waals surface area contributed by atoms with Crippen LogP contribution in [0.15, 0.2) is 35.7 Å². The topological polar surface area (TPSA) is 66.2 Å². The second kappa shape index (κ2) is 4.71. The smallest absolute Gasteiger partial charge is 0.231 e. The van der Waals surface area contributed by atoms with Crippen LogP contribution < -0.4 is 9.47 Å². The minimum atomic E-state index is 0.216. The van der Waals surface area contributed by atoms with Crippen molar-refractivity contribution in [2.45, 2.75) is 0 Å². The number of carbonyl (C=O) groups excluding carboxylic acids is 1. The van der Waals surface area contributed by atoms with E-state index in [0.717, 1.165) is 10.6 Å². The fraction of sp³-hybridized carbons (Fsp3) is 0.0714. The van der Waals surface area contributed by atoms with Crippen molar-refractivity contribution in [1.82, 2.24) is 15.0 Å². The van der Waals surface area contributed by atoms with E-state index in [2.05, 4.69) is 10.3 Å². The molecule has 104 valence electrons. The zero-order chi connectivity index (χ0) is 14.2. The van der Waals surface area contributed by atoms with Crippen LogP contribution in [0.2, 0.25) is 0 Å². The molecule has 4 rings (SSSR count). The maximum atomic E-state index is 11.2. The number of hydrogen-bond donors (Lipinski definition) is 0. The molecule has 3 heterocycles. The lowest BCUT2D eigenvalue weighted by molar-refractivity contribution is 0.111. The number of hydrogen-bond acceptors (Lipinski definition) is 6. The van der Waals surface area contributed by atoms with Crippen molar-refractivity contribution in [2.75, 3.05) is 6.79 Å².